The van der Waals surface area contributed by atoms with E-state index in [1.54, 1.807) is 7.11 Å². The standard InChI is InChI=1S/C12H22N2O.C2H6/c1-4-12(6-5-11(2)15-3)14-9-7-13-8-10-14;1-2/h4,13H,2,5-10H2,1,3H3;1-2H3/b12-4+;. The van der Waals surface area contributed by atoms with Crippen molar-refractivity contribution >= 4 is 0 Å². The molecule has 1 fully saturated rings. The Bertz CT molecular complexity index is 230. The van der Waals surface area contributed by atoms with Gasteiger partial charge in [0.1, 0.15) is 0 Å². The quantitative estimate of drug-likeness (QED) is 0.748. The van der Waals surface area contributed by atoms with Crippen LogP contribution in [0.4, 0.5) is 0 Å². The first-order chi connectivity index (χ1) is 8.27. The first-order valence-electron chi connectivity index (χ1n) is 6.60. The van der Waals surface area contributed by atoms with Crippen molar-refractivity contribution in [2.75, 3.05) is 33.3 Å². The molecule has 1 aliphatic heterocycles. The van der Waals surface area contributed by atoms with E-state index in [-0.39, 0.29) is 0 Å². The molecule has 3 nitrogen and oxygen atoms in total. The van der Waals surface area contributed by atoms with Crippen molar-refractivity contribution in [1.29, 1.82) is 0 Å². The van der Waals surface area contributed by atoms with E-state index >= 15 is 0 Å². The molecule has 0 aromatic heterocycles. The summed E-state index contributed by atoms with van der Waals surface area (Å²) in [4.78, 5) is 2.44. The van der Waals surface area contributed by atoms with E-state index in [0.29, 0.717) is 0 Å². The Kier molecular flexibility index (Phi) is 9.63. The molecule has 0 unspecified atom stereocenters. The van der Waals surface area contributed by atoms with Crippen molar-refractivity contribution in [3.63, 3.8) is 0 Å². The Hall–Kier alpha value is -0.960. The van der Waals surface area contributed by atoms with E-state index in [1.807, 2.05) is 13.8 Å². The van der Waals surface area contributed by atoms with Crippen molar-refractivity contribution in [3.8, 4) is 0 Å². The van der Waals surface area contributed by atoms with Crippen molar-refractivity contribution in [1.82, 2.24) is 10.2 Å². The van der Waals surface area contributed by atoms with Crippen molar-refractivity contribution < 1.29 is 4.74 Å². The molecule has 17 heavy (non-hydrogen) atoms. The molecule has 0 bridgehead atoms. The minimum atomic E-state index is 0.865. The van der Waals surface area contributed by atoms with Gasteiger partial charge in [0.2, 0.25) is 0 Å². The summed E-state index contributed by atoms with van der Waals surface area (Å²) in [5.41, 5.74) is 1.41. The molecule has 1 saturated heterocycles. The molecule has 0 aliphatic carbocycles. The zero-order valence-electron chi connectivity index (χ0n) is 11.9. The first kappa shape index (κ1) is 16.0. The summed E-state index contributed by atoms with van der Waals surface area (Å²) >= 11 is 0. The Morgan fingerprint density at radius 2 is 1.88 bits per heavy atom. The van der Waals surface area contributed by atoms with Crippen LogP contribution in [0.5, 0.6) is 0 Å². The van der Waals surface area contributed by atoms with Crippen molar-refractivity contribution in [3.05, 3.63) is 24.1 Å². The molecule has 1 rings (SSSR count). The number of methoxy groups -OCH3 is 1. The summed E-state index contributed by atoms with van der Waals surface area (Å²) in [6.07, 6.45) is 4.15. The largest absolute Gasteiger partial charge is 0.502 e. The van der Waals surface area contributed by atoms with Crippen LogP contribution in [0.25, 0.3) is 0 Å². The zero-order chi connectivity index (χ0) is 13.1. The van der Waals surface area contributed by atoms with Crippen LogP contribution in [0.2, 0.25) is 0 Å². The molecule has 1 N–H and O–H groups in total. The molecule has 3 heteroatoms. The van der Waals surface area contributed by atoms with Gasteiger partial charge < -0.3 is 15.0 Å². The lowest BCUT2D eigenvalue weighted by molar-refractivity contribution is 0.263. The average molecular weight is 240 g/mol. The van der Waals surface area contributed by atoms with E-state index in [9.17, 15) is 0 Å². The van der Waals surface area contributed by atoms with Gasteiger partial charge in [-0.15, -0.1) is 0 Å². The fraction of sp³-hybridized carbons (Fsp3) is 0.714. The molecular weight excluding hydrogens is 212 g/mol. The number of hydrogen-bond donors (Lipinski definition) is 1. The number of allylic oxidation sites excluding steroid dienone is 3. The predicted octanol–water partition coefficient (Wildman–Crippen LogP) is 2.76. The van der Waals surface area contributed by atoms with Crippen molar-refractivity contribution in [2.45, 2.75) is 33.6 Å². The molecular formula is C14H28N2O. The molecule has 0 amide bonds. The second-order valence-electron chi connectivity index (χ2n) is 3.76. The lowest BCUT2D eigenvalue weighted by Crippen LogP contribution is -2.42. The Labute approximate surface area is 107 Å². The number of nitrogens with one attached hydrogen (secondary N) is 1. The summed E-state index contributed by atoms with van der Waals surface area (Å²) in [5, 5.41) is 3.36. The third-order valence-corrected chi connectivity index (χ3v) is 2.81. The maximum absolute atomic E-state index is 5.08. The highest BCUT2D eigenvalue weighted by Crippen LogP contribution is 2.15. The third kappa shape index (κ3) is 6.37. The van der Waals surface area contributed by atoms with E-state index in [2.05, 4.69) is 29.8 Å². The first-order valence-corrected chi connectivity index (χ1v) is 6.60. The van der Waals surface area contributed by atoms with E-state index in [4.69, 9.17) is 4.74 Å². The second kappa shape index (κ2) is 10.2. The van der Waals surface area contributed by atoms with Gasteiger partial charge in [0.25, 0.3) is 0 Å². The van der Waals surface area contributed by atoms with Gasteiger partial charge in [-0.05, 0) is 13.3 Å². The topological polar surface area (TPSA) is 24.5 Å². The lowest BCUT2D eigenvalue weighted by atomic mass is 10.1. The highest BCUT2D eigenvalue weighted by molar-refractivity contribution is 5.03. The number of rotatable bonds is 5. The van der Waals surface area contributed by atoms with Gasteiger partial charge in [-0.2, -0.15) is 0 Å². The lowest BCUT2D eigenvalue weighted by Gasteiger charge is -2.31. The minimum absolute atomic E-state index is 0.865. The predicted molar refractivity (Wildman–Crippen MR) is 74.9 cm³/mol. The molecule has 0 saturated carbocycles. The maximum Gasteiger partial charge on any atom is 0.0887 e. The highest BCUT2D eigenvalue weighted by atomic mass is 16.5. The molecule has 1 heterocycles. The second-order valence-corrected chi connectivity index (χ2v) is 3.76. The fourth-order valence-electron chi connectivity index (χ4n) is 1.81. The minimum Gasteiger partial charge on any atom is -0.502 e. The van der Waals surface area contributed by atoms with Gasteiger partial charge in [-0.25, -0.2) is 0 Å². The third-order valence-electron chi connectivity index (χ3n) is 2.81. The van der Waals surface area contributed by atoms with Gasteiger partial charge in [0.05, 0.1) is 12.9 Å². The SMILES string of the molecule is C=C(CC/C(=C\C)N1CCNCC1)OC.CC. The van der Waals surface area contributed by atoms with Crippen LogP contribution in [-0.2, 0) is 4.74 Å². The van der Waals surface area contributed by atoms with Gasteiger partial charge >= 0.3 is 0 Å². The van der Waals surface area contributed by atoms with Crippen LogP contribution in [-0.4, -0.2) is 38.2 Å². The molecule has 0 atom stereocenters. The van der Waals surface area contributed by atoms with Crippen molar-refractivity contribution in [2.24, 2.45) is 0 Å². The Morgan fingerprint density at radius 1 is 1.29 bits per heavy atom. The smallest absolute Gasteiger partial charge is 0.0887 e. The highest BCUT2D eigenvalue weighted by Gasteiger charge is 2.12. The molecule has 0 aromatic carbocycles. The number of ether oxygens (including phenoxy) is 1. The summed E-state index contributed by atoms with van der Waals surface area (Å²) < 4.78 is 5.08. The van der Waals surface area contributed by atoms with Crippen LogP contribution in [0.15, 0.2) is 24.1 Å². The normalized spacial score (nSPS) is 16.0. The molecule has 100 valence electrons. The Morgan fingerprint density at radius 3 is 2.35 bits per heavy atom. The van der Waals surface area contributed by atoms with Gasteiger partial charge in [0.15, 0.2) is 0 Å². The molecule has 0 aromatic rings. The number of nitrogens with zero attached hydrogens (tertiary/aromatic N) is 1. The van der Waals surface area contributed by atoms with Crippen LogP contribution >= 0.6 is 0 Å². The van der Waals surface area contributed by atoms with Gasteiger partial charge in [-0.1, -0.05) is 26.5 Å². The maximum atomic E-state index is 5.08. The van der Waals surface area contributed by atoms with Crippen LogP contribution in [0.3, 0.4) is 0 Å². The van der Waals surface area contributed by atoms with Gasteiger partial charge in [-0.3, -0.25) is 0 Å². The summed E-state index contributed by atoms with van der Waals surface area (Å²) in [6, 6.07) is 0. The van der Waals surface area contributed by atoms with E-state index < -0.39 is 0 Å². The molecule has 0 spiro atoms. The monoisotopic (exact) mass is 240 g/mol. The van der Waals surface area contributed by atoms with E-state index in [1.165, 1.54) is 5.70 Å². The van der Waals surface area contributed by atoms with Crippen LogP contribution in [0.1, 0.15) is 33.6 Å². The summed E-state index contributed by atoms with van der Waals surface area (Å²) in [5.74, 6) is 0.865. The number of hydrogen-bond acceptors (Lipinski definition) is 3. The Balaban J connectivity index is 0.00000121. The van der Waals surface area contributed by atoms with Crippen LogP contribution in [0, 0.1) is 0 Å². The summed E-state index contributed by atoms with van der Waals surface area (Å²) in [6.45, 7) is 14.3. The average Bonchev–Trinajstić information content (AvgIpc) is 2.42. The van der Waals surface area contributed by atoms with Gasteiger partial charge in [0, 0.05) is 38.3 Å². The number of piperazine rings is 1. The van der Waals surface area contributed by atoms with E-state index in [0.717, 1.165) is 44.8 Å². The van der Waals surface area contributed by atoms with Crippen LogP contribution < -0.4 is 5.32 Å². The fourth-order valence-corrected chi connectivity index (χ4v) is 1.81. The zero-order valence-corrected chi connectivity index (χ0v) is 11.9. The molecule has 0 radical (unpaired) electrons. The molecule has 1 aliphatic rings. The summed E-state index contributed by atoms with van der Waals surface area (Å²) in [7, 11) is 1.68.